The lowest BCUT2D eigenvalue weighted by Gasteiger charge is -2.11. The highest BCUT2D eigenvalue weighted by atomic mass is 79.9. The molecule has 0 bridgehead atoms. The number of rotatable bonds is 2. The van der Waals surface area contributed by atoms with Gasteiger partial charge in [-0.3, -0.25) is 0 Å². The molecule has 0 radical (unpaired) electrons. The second-order valence-electron chi connectivity index (χ2n) is 3.86. The van der Waals surface area contributed by atoms with Gasteiger partial charge in [-0.25, -0.2) is 0 Å². The van der Waals surface area contributed by atoms with E-state index in [4.69, 9.17) is 16.0 Å². The fourth-order valence-electron chi connectivity index (χ4n) is 1.73. The minimum Gasteiger partial charge on any atom is -0.448 e. The summed E-state index contributed by atoms with van der Waals surface area (Å²) in [5.74, 6) is 0.831. The average Bonchev–Trinajstić information content (AvgIpc) is 2.64. The van der Waals surface area contributed by atoms with Crippen molar-refractivity contribution in [3.05, 3.63) is 58.0 Å². The normalized spacial score (nSPS) is 12.8. The summed E-state index contributed by atoms with van der Waals surface area (Å²) in [4.78, 5) is 0.0561. The molecule has 0 fully saturated rings. The predicted octanol–water partition coefficient (Wildman–Crippen LogP) is 5.03. The highest BCUT2D eigenvalue weighted by molar-refractivity contribution is 9.09. The van der Waals surface area contributed by atoms with Gasteiger partial charge in [0.1, 0.15) is 5.76 Å². The van der Waals surface area contributed by atoms with E-state index in [1.807, 2.05) is 6.07 Å². The van der Waals surface area contributed by atoms with Gasteiger partial charge in [-0.05, 0) is 48.7 Å². The van der Waals surface area contributed by atoms with Gasteiger partial charge in [0, 0.05) is 0 Å². The lowest BCUT2D eigenvalue weighted by atomic mass is 10.0. The van der Waals surface area contributed by atoms with E-state index in [1.54, 1.807) is 6.07 Å². The lowest BCUT2D eigenvalue weighted by Crippen LogP contribution is -1.94. The summed E-state index contributed by atoms with van der Waals surface area (Å²) in [6.45, 7) is 4.19. The number of hydrogen-bond acceptors (Lipinski definition) is 1. The first-order valence-corrected chi connectivity index (χ1v) is 6.34. The van der Waals surface area contributed by atoms with Gasteiger partial charge in [-0.2, -0.15) is 0 Å². The van der Waals surface area contributed by atoms with E-state index in [1.165, 1.54) is 16.7 Å². The van der Waals surface area contributed by atoms with Crippen molar-refractivity contribution in [1.29, 1.82) is 0 Å². The van der Waals surface area contributed by atoms with E-state index in [-0.39, 0.29) is 4.83 Å². The van der Waals surface area contributed by atoms with E-state index < -0.39 is 0 Å². The number of alkyl halides is 1. The Morgan fingerprint density at radius 1 is 1.19 bits per heavy atom. The Morgan fingerprint density at radius 2 is 1.94 bits per heavy atom. The molecule has 1 aromatic carbocycles. The van der Waals surface area contributed by atoms with Crippen LogP contribution in [0.5, 0.6) is 0 Å². The van der Waals surface area contributed by atoms with Crippen LogP contribution < -0.4 is 0 Å². The summed E-state index contributed by atoms with van der Waals surface area (Å²) in [6.07, 6.45) is 0. The molecule has 0 aliphatic carbocycles. The molecule has 2 aromatic rings. The zero-order valence-corrected chi connectivity index (χ0v) is 11.5. The van der Waals surface area contributed by atoms with Crippen molar-refractivity contribution in [2.45, 2.75) is 18.7 Å². The molecule has 1 aromatic heterocycles. The van der Waals surface area contributed by atoms with Crippen molar-refractivity contribution in [2.75, 3.05) is 0 Å². The molecule has 0 saturated heterocycles. The van der Waals surface area contributed by atoms with Gasteiger partial charge in [-0.1, -0.05) is 39.7 Å². The molecule has 1 atom stereocenters. The van der Waals surface area contributed by atoms with Crippen molar-refractivity contribution in [3.8, 4) is 0 Å². The number of halogens is 2. The fourth-order valence-corrected chi connectivity index (χ4v) is 2.64. The van der Waals surface area contributed by atoms with Gasteiger partial charge >= 0.3 is 0 Å². The van der Waals surface area contributed by atoms with Gasteiger partial charge in [0.05, 0.1) is 4.83 Å². The fraction of sp³-hybridized carbons (Fsp3) is 0.231. The van der Waals surface area contributed by atoms with Crippen LogP contribution in [0.2, 0.25) is 5.22 Å². The highest BCUT2D eigenvalue weighted by Gasteiger charge is 2.16. The smallest absolute Gasteiger partial charge is 0.193 e. The van der Waals surface area contributed by atoms with Crippen LogP contribution in [0.4, 0.5) is 0 Å². The molecule has 0 spiro atoms. The summed E-state index contributed by atoms with van der Waals surface area (Å²) in [5, 5.41) is 0.421. The van der Waals surface area contributed by atoms with E-state index in [0.29, 0.717) is 5.22 Å². The van der Waals surface area contributed by atoms with Crippen LogP contribution in [-0.2, 0) is 0 Å². The van der Waals surface area contributed by atoms with Gasteiger partial charge in [-0.15, -0.1) is 0 Å². The predicted molar refractivity (Wildman–Crippen MR) is 70.4 cm³/mol. The van der Waals surface area contributed by atoms with Crippen LogP contribution in [0.3, 0.4) is 0 Å². The minimum atomic E-state index is 0.0561. The van der Waals surface area contributed by atoms with Crippen molar-refractivity contribution in [1.82, 2.24) is 0 Å². The maximum Gasteiger partial charge on any atom is 0.193 e. The standard InChI is InChI=1S/C13H12BrClO/c1-8-3-4-10(9(2)7-8)13(14)11-5-6-12(15)16-11/h3-7,13H,1-2H3. The van der Waals surface area contributed by atoms with Gasteiger partial charge in [0.15, 0.2) is 5.22 Å². The Balaban J connectivity index is 2.37. The van der Waals surface area contributed by atoms with Crippen LogP contribution >= 0.6 is 27.5 Å². The molecular formula is C13H12BrClO. The highest BCUT2D eigenvalue weighted by Crippen LogP contribution is 2.34. The van der Waals surface area contributed by atoms with Crippen LogP contribution in [-0.4, -0.2) is 0 Å². The Labute approximate surface area is 109 Å². The molecule has 0 saturated carbocycles. The number of furan rings is 1. The molecule has 2 rings (SSSR count). The Bertz CT molecular complexity index is 504. The summed E-state index contributed by atoms with van der Waals surface area (Å²) < 4.78 is 5.40. The number of benzene rings is 1. The van der Waals surface area contributed by atoms with Crippen LogP contribution in [0.25, 0.3) is 0 Å². The monoisotopic (exact) mass is 298 g/mol. The number of hydrogen-bond donors (Lipinski definition) is 0. The van der Waals surface area contributed by atoms with E-state index in [2.05, 4.69) is 48.0 Å². The van der Waals surface area contributed by atoms with Crippen LogP contribution in [0.15, 0.2) is 34.7 Å². The Hall–Kier alpha value is -0.730. The third-order valence-electron chi connectivity index (χ3n) is 2.54. The van der Waals surface area contributed by atoms with Crippen LogP contribution in [0.1, 0.15) is 27.3 Å². The quantitative estimate of drug-likeness (QED) is 0.709. The van der Waals surface area contributed by atoms with E-state index in [0.717, 1.165) is 5.76 Å². The molecule has 16 heavy (non-hydrogen) atoms. The Kier molecular flexibility index (Phi) is 3.41. The summed E-state index contributed by atoms with van der Waals surface area (Å²) in [5.41, 5.74) is 3.71. The lowest BCUT2D eigenvalue weighted by molar-refractivity contribution is 0.521. The second kappa shape index (κ2) is 4.64. The zero-order valence-electron chi connectivity index (χ0n) is 9.13. The first-order valence-electron chi connectivity index (χ1n) is 5.04. The molecule has 3 heteroatoms. The molecule has 1 unspecified atom stereocenters. The molecule has 0 aliphatic rings. The molecular weight excluding hydrogens is 287 g/mol. The second-order valence-corrected chi connectivity index (χ2v) is 5.15. The molecule has 84 valence electrons. The van der Waals surface area contributed by atoms with Crippen LogP contribution in [0, 0.1) is 13.8 Å². The summed E-state index contributed by atoms with van der Waals surface area (Å²) in [7, 11) is 0. The zero-order chi connectivity index (χ0) is 11.7. The Morgan fingerprint density at radius 3 is 2.50 bits per heavy atom. The topological polar surface area (TPSA) is 13.1 Å². The van der Waals surface area contributed by atoms with Gasteiger partial charge in [0.25, 0.3) is 0 Å². The third kappa shape index (κ3) is 2.33. The first kappa shape index (κ1) is 11.7. The number of aryl methyl sites for hydroxylation is 2. The molecule has 1 nitrogen and oxygen atoms in total. The van der Waals surface area contributed by atoms with Crippen molar-refractivity contribution in [3.63, 3.8) is 0 Å². The maximum absolute atomic E-state index is 5.77. The third-order valence-corrected chi connectivity index (χ3v) is 3.69. The first-order chi connectivity index (χ1) is 7.58. The SMILES string of the molecule is Cc1ccc(C(Br)c2ccc(Cl)o2)c(C)c1. The summed E-state index contributed by atoms with van der Waals surface area (Å²) in [6, 6.07) is 10.0. The largest absolute Gasteiger partial charge is 0.448 e. The minimum absolute atomic E-state index is 0.0561. The average molecular weight is 300 g/mol. The molecule has 1 heterocycles. The van der Waals surface area contributed by atoms with Gasteiger partial charge < -0.3 is 4.42 Å². The van der Waals surface area contributed by atoms with E-state index >= 15 is 0 Å². The molecule has 0 aliphatic heterocycles. The van der Waals surface area contributed by atoms with Crippen molar-refractivity contribution in [2.24, 2.45) is 0 Å². The van der Waals surface area contributed by atoms with Gasteiger partial charge in [0.2, 0.25) is 0 Å². The maximum atomic E-state index is 5.77. The summed E-state index contributed by atoms with van der Waals surface area (Å²) >= 11 is 9.40. The van der Waals surface area contributed by atoms with Crippen molar-refractivity contribution >= 4 is 27.5 Å². The molecule has 0 N–H and O–H groups in total. The molecule has 0 amide bonds. The van der Waals surface area contributed by atoms with Crippen molar-refractivity contribution < 1.29 is 4.42 Å². The van der Waals surface area contributed by atoms with E-state index in [9.17, 15) is 0 Å².